The van der Waals surface area contributed by atoms with Gasteiger partial charge in [0.15, 0.2) is 0 Å². The van der Waals surface area contributed by atoms with Gasteiger partial charge in [-0.2, -0.15) is 0 Å². The van der Waals surface area contributed by atoms with Crippen molar-refractivity contribution in [3.63, 3.8) is 0 Å². The zero-order valence-corrected chi connectivity index (χ0v) is 8.48. The van der Waals surface area contributed by atoms with E-state index in [-0.39, 0.29) is 0 Å². The predicted molar refractivity (Wildman–Crippen MR) is 51.9 cm³/mol. The van der Waals surface area contributed by atoms with Gasteiger partial charge in [0.2, 0.25) is 0 Å². The van der Waals surface area contributed by atoms with Gasteiger partial charge >= 0.3 is 0 Å². The third-order valence-corrected chi connectivity index (χ3v) is 2.17. The molecule has 1 nitrogen and oxygen atoms in total. The van der Waals surface area contributed by atoms with E-state index in [1.54, 1.807) is 0 Å². The van der Waals surface area contributed by atoms with Gasteiger partial charge in [-0.1, -0.05) is 26.7 Å². The van der Waals surface area contributed by atoms with Crippen LogP contribution < -0.4 is 5.32 Å². The van der Waals surface area contributed by atoms with Gasteiger partial charge in [-0.05, 0) is 26.7 Å². The Hall–Kier alpha value is -0.0400. The Morgan fingerprint density at radius 1 is 1.09 bits per heavy atom. The lowest BCUT2D eigenvalue weighted by molar-refractivity contribution is 0.428. The van der Waals surface area contributed by atoms with Gasteiger partial charge < -0.3 is 5.32 Å². The number of hydrogen-bond donors (Lipinski definition) is 1. The van der Waals surface area contributed by atoms with Gasteiger partial charge in [0, 0.05) is 12.1 Å². The molecule has 0 saturated carbocycles. The second-order valence-corrected chi connectivity index (χ2v) is 3.52. The van der Waals surface area contributed by atoms with Crippen molar-refractivity contribution in [3.8, 4) is 0 Å². The molecule has 2 unspecified atom stereocenters. The van der Waals surface area contributed by atoms with Crippen molar-refractivity contribution >= 4 is 0 Å². The molecule has 11 heavy (non-hydrogen) atoms. The predicted octanol–water partition coefficient (Wildman–Crippen LogP) is 2.95. The minimum atomic E-state index is 0.682. The van der Waals surface area contributed by atoms with Crippen LogP contribution in [0, 0.1) is 0 Å². The van der Waals surface area contributed by atoms with Gasteiger partial charge in [0.05, 0.1) is 0 Å². The third kappa shape index (κ3) is 6.36. The minimum absolute atomic E-state index is 0.682. The molecular formula is C10H23N. The normalized spacial score (nSPS) is 16.4. The topological polar surface area (TPSA) is 12.0 Å². The molecule has 2 atom stereocenters. The second-order valence-electron chi connectivity index (χ2n) is 3.52. The highest BCUT2D eigenvalue weighted by atomic mass is 14.9. The van der Waals surface area contributed by atoms with Gasteiger partial charge in [-0.25, -0.2) is 0 Å². The Balaban J connectivity index is 3.27. The molecule has 0 radical (unpaired) electrons. The summed E-state index contributed by atoms with van der Waals surface area (Å²) in [6.07, 6.45) is 5.22. The SMILES string of the molecule is CCCCC(C)NC(C)CC. The average molecular weight is 157 g/mol. The van der Waals surface area contributed by atoms with Crippen molar-refractivity contribution in [1.82, 2.24) is 5.32 Å². The number of nitrogens with one attached hydrogen (secondary N) is 1. The van der Waals surface area contributed by atoms with Crippen LogP contribution in [0.15, 0.2) is 0 Å². The van der Waals surface area contributed by atoms with Crippen LogP contribution >= 0.6 is 0 Å². The Morgan fingerprint density at radius 3 is 2.18 bits per heavy atom. The summed E-state index contributed by atoms with van der Waals surface area (Å²) in [6.45, 7) is 9.00. The van der Waals surface area contributed by atoms with Crippen LogP contribution in [0.3, 0.4) is 0 Å². The van der Waals surface area contributed by atoms with Crippen LogP contribution in [0.2, 0.25) is 0 Å². The molecule has 0 saturated heterocycles. The zero-order valence-electron chi connectivity index (χ0n) is 8.48. The molecule has 0 aliphatic heterocycles. The molecule has 0 aliphatic carbocycles. The summed E-state index contributed by atoms with van der Waals surface area (Å²) in [4.78, 5) is 0. The highest BCUT2D eigenvalue weighted by Gasteiger charge is 2.03. The highest BCUT2D eigenvalue weighted by Crippen LogP contribution is 2.01. The van der Waals surface area contributed by atoms with Gasteiger partial charge in [0.1, 0.15) is 0 Å². The molecule has 1 N–H and O–H groups in total. The van der Waals surface area contributed by atoms with Crippen LogP contribution in [0.25, 0.3) is 0 Å². The van der Waals surface area contributed by atoms with E-state index < -0.39 is 0 Å². The van der Waals surface area contributed by atoms with E-state index in [9.17, 15) is 0 Å². The molecule has 0 bridgehead atoms. The number of hydrogen-bond acceptors (Lipinski definition) is 1. The molecule has 68 valence electrons. The summed E-state index contributed by atoms with van der Waals surface area (Å²) < 4.78 is 0. The molecule has 0 amide bonds. The highest BCUT2D eigenvalue weighted by molar-refractivity contribution is 4.65. The van der Waals surface area contributed by atoms with Crippen molar-refractivity contribution < 1.29 is 0 Å². The molecule has 0 spiro atoms. The summed E-state index contributed by atoms with van der Waals surface area (Å²) >= 11 is 0. The van der Waals surface area contributed by atoms with E-state index in [0.29, 0.717) is 12.1 Å². The molecule has 0 heterocycles. The molecule has 0 aromatic heterocycles. The van der Waals surface area contributed by atoms with Crippen LogP contribution in [-0.2, 0) is 0 Å². The maximum atomic E-state index is 3.56. The van der Waals surface area contributed by atoms with Crippen molar-refractivity contribution in [1.29, 1.82) is 0 Å². The summed E-state index contributed by atoms with van der Waals surface area (Å²) in [5.74, 6) is 0. The van der Waals surface area contributed by atoms with E-state index in [2.05, 4.69) is 33.0 Å². The average Bonchev–Trinajstić information content (AvgIpc) is 2.00. The second kappa shape index (κ2) is 6.66. The molecule has 0 rings (SSSR count). The number of unbranched alkanes of at least 4 members (excludes halogenated alkanes) is 1. The third-order valence-electron chi connectivity index (χ3n) is 2.17. The fraction of sp³-hybridized carbons (Fsp3) is 1.00. The van der Waals surface area contributed by atoms with Gasteiger partial charge in [-0.15, -0.1) is 0 Å². The fourth-order valence-electron chi connectivity index (χ4n) is 1.20. The lowest BCUT2D eigenvalue weighted by Gasteiger charge is -2.18. The molecule has 0 aromatic carbocycles. The molecule has 0 fully saturated rings. The zero-order chi connectivity index (χ0) is 8.69. The first kappa shape index (κ1) is 11.0. The molecule has 0 aromatic rings. The van der Waals surface area contributed by atoms with Crippen LogP contribution in [-0.4, -0.2) is 12.1 Å². The van der Waals surface area contributed by atoms with Crippen molar-refractivity contribution in [2.24, 2.45) is 0 Å². The summed E-state index contributed by atoms with van der Waals surface area (Å²) in [5, 5.41) is 3.56. The first-order valence-corrected chi connectivity index (χ1v) is 4.96. The first-order valence-electron chi connectivity index (χ1n) is 4.96. The van der Waals surface area contributed by atoms with E-state index in [0.717, 1.165) is 0 Å². The van der Waals surface area contributed by atoms with Crippen LogP contribution in [0.4, 0.5) is 0 Å². The van der Waals surface area contributed by atoms with E-state index in [1.807, 2.05) is 0 Å². The molecule has 0 aliphatic rings. The maximum absolute atomic E-state index is 3.56. The minimum Gasteiger partial charge on any atom is -0.312 e. The smallest absolute Gasteiger partial charge is 0.00411 e. The van der Waals surface area contributed by atoms with E-state index >= 15 is 0 Å². The van der Waals surface area contributed by atoms with Gasteiger partial charge in [0.25, 0.3) is 0 Å². The lowest BCUT2D eigenvalue weighted by atomic mass is 10.1. The van der Waals surface area contributed by atoms with Crippen LogP contribution in [0.1, 0.15) is 53.4 Å². The van der Waals surface area contributed by atoms with Crippen molar-refractivity contribution in [3.05, 3.63) is 0 Å². The number of rotatable bonds is 6. The summed E-state index contributed by atoms with van der Waals surface area (Å²) in [6, 6.07) is 1.38. The Kier molecular flexibility index (Phi) is 6.63. The fourth-order valence-corrected chi connectivity index (χ4v) is 1.20. The first-order chi connectivity index (χ1) is 5.20. The Labute approximate surface area is 71.6 Å². The van der Waals surface area contributed by atoms with Crippen LogP contribution in [0.5, 0.6) is 0 Å². The quantitative estimate of drug-likeness (QED) is 0.625. The lowest BCUT2D eigenvalue weighted by Crippen LogP contribution is -2.33. The largest absolute Gasteiger partial charge is 0.312 e. The van der Waals surface area contributed by atoms with Crippen molar-refractivity contribution in [2.75, 3.05) is 0 Å². The molecule has 1 heteroatoms. The molecular weight excluding hydrogens is 134 g/mol. The van der Waals surface area contributed by atoms with Crippen molar-refractivity contribution in [2.45, 2.75) is 65.5 Å². The van der Waals surface area contributed by atoms with E-state index in [1.165, 1.54) is 25.7 Å². The monoisotopic (exact) mass is 157 g/mol. The van der Waals surface area contributed by atoms with Gasteiger partial charge in [-0.3, -0.25) is 0 Å². The summed E-state index contributed by atoms with van der Waals surface area (Å²) in [7, 11) is 0. The Morgan fingerprint density at radius 2 is 1.73 bits per heavy atom. The Bertz CT molecular complexity index is 80.9. The van der Waals surface area contributed by atoms with E-state index in [4.69, 9.17) is 0 Å². The standard InChI is InChI=1S/C10H23N/c1-5-7-8-10(4)11-9(3)6-2/h9-11H,5-8H2,1-4H3. The summed E-state index contributed by atoms with van der Waals surface area (Å²) in [5.41, 5.74) is 0. The maximum Gasteiger partial charge on any atom is 0.00411 e.